The number of nitrogens with one attached hydrogen (secondary N) is 2. The van der Waals surface area contributed by atoms with E-state index in [-0.39, 0.29) is 5.91 Å². The van der Waals surface area contributed by atoms with Crippen LogP contribution in [0.15, 0.2) is 47.1 Å². The summed E-state index contributed by atoms with van der Waals surface area (Å²) in [6.07, 6.45) is 1.66. The Hall–Kier alpha value is -2.11. The molecule has 0 saturated carbocycles. The van der Waals surface area contributed by atoms with E-state index < -0.39 is 0 Å². The number of rotatable bonds is 8. The minimum Gasteiger partial charge on any atom is -0.468 e. The van der Waals surface area contributed by atoms with Gasteiger partial charge in [0.1, 0.15) is 5.76 Å². The molecule has 1 heterocycles. The van der Waals surface area contributed by atoms with E-state index in [0.717, 1.165) is 17.9 Å². The van der Waals surface area contributed by atoms with Crippen LogP contribution < -0.4 is 10.6 Å². The van der Waals surface area contributed by atoms with E-state index in [9.17, 15) is 4.79 Å². The summed E-state index contributed by atoms with van der Waals surface area (Å²) in [6.45, 7) is 2.84. The molecule has 5 heteroatoms. The third kappa shape index (κ3) is 5.35. The highest BCUT2D eigenvalue weighted by atomic mass is 16.3. The van der Waals surface area contributed by atoms with E-state index in [2.05, 4.69) is 10.6 Å². The number of hydrogen-bond donors (Lipinski definition) is 2. The van der Waals surface area contributed by atoms with Gasteiger partial charge >= 0.3 is 0 Å². The summed E-state index contributed by atoms with van der Waals surface area (Å²) in [5.74, 6) is 0.868. The maximum Gasteiger partial charge on any atom is 0.251 e. The summed E-state index contributed by atoms with van der Waals surface area (Å²) in [5, 5.41) is 6.22. The molecule has 0 unspecified atom stereocenters. The maximum atomic E-state index is 12.1. The zero-order valence-electron chi connectivity index (χ0n) is 13.1. The molecule has 0 aliphatic carbocycles. The Morgan fingerprint density at radius 2 is 2.05 bits per heavy atom. The first-order chi connectivity index (χ1) is 10.6. The van der Waals surface area contributed by atoms with Crippen LogP contribution in [0, 0.1) is 0 Å². The molecule has 0 spiro atoms. The minimum absolute atomic E-state index is 0.0327. The highest BCUT2D eigenvalue weighted by Crippen LogP contribution is 2.06. The van der Waals surface area contributed by atoms with Crippen molar-refractivity contribution in [1.29, 1.82) is 0 Å². The molecular weight excluding hydrogens is 278 g/mol. The summed E-state index contributed by atoms with van der Waals surface area (Å²) in [5.41, 5.74) is 1.77. The molecule has 2 aromatic rings. The van der Waals surface area contributed by atoms with Gasteiger partial charge in [0, 0.05) is 25.2 Å². The van der Waals surface area contributed by atoms with Crippen molar-refractivity contribution in [3.63, 3.8) is 0 Å². The summed E-state index contributed by atoms with van der Waals surface area (Å²) < 4.78 is 5.27. The van der Waals surface area contributed by atoms with E-state index in [0.29, 0.717) is 25.2 Å². The number of hydrogen-bond acceptors (Lipinski definition) is 4. The average Bonchev–Trinajstić information content (AvgIpc) is 3.00. The molecule has 0 bridgehead atoms. The molecule has 0 aliphatic rings. The summed E-state index contributed by atoms with van der Waals surface area (Å²) in [6, 6.07) is 11.5. The molecular formula is C17H23N3O2. The third-order valence-electron chi connectivity index (χ3n) is 3.24. The van der Waals surface area contributed by atoms with Crippen molar-refractivity contribution in [1.82, 2.24) is 15.5 Å². The SMILES string of the molecule is CN(C)CCNC(=O)c1cccc(CNCc2ccco2)c1. The first-order valence-electron chi connectivity index (χ1n) is 7.40. The van der Waals surface area contributed by atoms with Crippen molar-refractivity contribution in [2.45, 2.75) is 13.1 Å². The van der Waals surface area contributed by atoms with Gasteiger partial charge in [-0.2, -0.15) is 0 Å². The van der Waals surface area contributed by atoms with Crippen LogP contribution in [0.2, 0.25) is 0 Å². The van der Waals surface area contributed by atoms with Gasteiger partial charge in [-0.05, 0) is 43.9 Å². The largest absolute Gasteiger partial charge is 0.468 e. The van der Waals surface area contributed by atoms with E-state index in [1.54, 1.807) is 6.26 Å². The lowest BCUT2D eigenvalue weighted by atomic mass is 10.1. The van der Waals surface area contributed by atoms with Crippen LogP contribution in [0.25, 0.3) is 0 Å². The fourth-order valence-electron chi connectivity index (χ4n) is 2.06. The average molecular weight is 301 g/mol. The van der Waals surface area contributed by atoms with Gasteiger partial charge in [-0.15, -0.1) is 0 Å². The number of nitrogens with zero attached hydrogens (tertiary/aromatic N) is 1. The molecule has 2 N–H and O–H groups in total. The molecule has 2 rings (SSSR count). The Labute approximate surface area is 131 Å². The normalized spacial score (nSPS) is 10.9. The quantitative estimate of drug-likeness (QED) is 0.781. The number of furan rings is 1. The molecule has 1 aromatic carbocycles. The number of benzene rings is 1. The van der Waals surface area contributed by atoms with Crippen LogP contribution in [-0.4, -0.2) is 38.0 Å². The Morgan fingerprint density at radius 1 is 1.18 bits per heavy atom. The fourth-order valence-corrected chi connectivity index (χ4v) is 2.06. The summed E-state index contributed by atoms with van der Waals surface area (Å²) in [4.78, 5) is 14.1. The summed E-state index contributed by atoms with van der Waals surface area (Å²) >= 11 is 0. The predicted octanol–water partition coefficient (Wildman–Crippen LogP) is 1.86. The molecule has 0 atom stereocenters. The lowest BCUT2D eigenvalue weighted by Gasteiger charge is -2.11. The van der Waals surface area contributed by atoms with Gasteiger partial charge in [-0.25, -0.2) is 0 Å². The fraction of sp³-hybridized carbons (Fsp3) is 0.353. The highest BCUT2D eigenvalue weighted by molar-refractivity contribution is 5.94. The molecule has 0 aliphatic heterocycles. The second kappa shape index (κ2) is 8.36. The second-order valence-corrected chi connectivity index (χ2v) is 5.44. The smallest absolute Gasteiger partial charge is 0.251 e. The molecule has 1 aromatic heterocycles. The van der Waals surface area contributed by atoms with Crippen LogP contribution in [0.1, 0.15) is 21.7 Å². The standard InChI is InChI=1S/C17H23N3O2/c1-20(2)9-8-19-17(21)15-6-3-5-14(11-15)12-18-13-16-7-4-10-22-16/h3-7,10-11,18H,8-9,12-13H2,1-2H3,(H,19,21). The van der Waals surface area contributed by atoms with Crippen LogP contribution >= 0.6 is 0 Å². The van der Waals surface area contributed by atoms with Crippen LogP contribution in [-0.2, 0) is 13.1 Å². The summed E-state index contributed by atoms with van der Waals surface area (Å²) in [7, 11) is 3.97. The maximum absolute atomic E-state index is 12.1. The van der Waals surface area contributed by atoms with Gasteiger partial charge in [0.2, 0.25) is 0 Å². The zero-order chi connectivity index (χ0) is 15.8. The molecule has 0 fully saturated rings. The van der Waals surface area contributed by atoms with Crippen LogP contribution in [0.5, 0.6) is 0 Å². The topological polar surface area (TPSA) is 57.5 Å². The van der Waals surface area contributed by atoms with Crippen molar-refractivity contribution >= 4 is 5.91 Å². The minimum atomic E-state index is -0.0327. The Bertz CT molecular complexity index is 579. The van der Waals surface area contributed by atoms with Gasteiger partial charge < -0.3 is 20.0 Å². The van der Waals surface area contributed by atoms with Crippen molar-refractivity contribution in [3.05, 3.63) is 59.5 Å². The third-order valence-corrected chi connectivity index (χ3v) is 3.24. The Balaban J connectivity index is 1.82. The van der Waals surface area contributed by atoms with Crippen LogP contribution in [0.4, 0.5) is 0 Å². The van der Waals surface area contributed by atoms with Gasteiger partial charge in [0.15, 0.2) is 0 Å². The molecule has 0 saturated heterocycles. The molecule has 0 radical (unpaired) electrons. The highest BCUT2D eigenvalue weighted by Gasteiger charge is 2.06. The number of amides is 1. The van der Waals surface area contributed by atoms with Crippen molar-refractivity contribution in [2.24, 2.45) is 0 Å². The second-order valence-electron chi connectivity index (χ2n) is 5.44. The number of likely N-dealkylation sites (N-methyl/N-ethyl adjacent to an activating group) is 1. The van der Waals surface area contributed by atoms with E-state index in [4.69, 9.17) is 4.42 Å². The lowest BCUT2D eigenvalue weighted by molar-refractivity contribution is 0.0951. The zero-order valence-corrected chi connectivity index (χ0v) is 13.1. The monoisotopic (exact) mass is 301 g/mol. The van der Waals surface area contributed by atoms with E-state index >= 15 is 0 Å². The Morgan fingerprint density at radius 3 is 2.77 bits per heavy atom. The molecule has 22 heavy (non-hydrogen) atoms. The van der Waals surface area contributed by atoms with Crippen molar-refractivity contribution in [3.8, 4) is 0 Å². The first kappa shape index (κ1) is 16.3. The predicted molar refractivity (Wildman–Crippen MR) is 86.6 cm³/mol. The van der Waals surface area contributed by atoms with Gasteiger partial charge in [0.05, 0.1) is 12.8 Å². The van der Waals surface area contributed by atoms with Gasteiger partial charge in [-0.3, -0.25) is 4.79 Å². The lowest BCUT2D eigenvalue weighted by Crippen LogP contribution is -2.31. The van der Waals surface area contributed by atoms with Gasteiger partial charge in [0.25, 0.3) is 5.91 Å². The Kier molecular flexibility index (Phi) is 6.18. The van der Waals surface area contributed by atoms with Crippen molar-refractivity contribution in [2.75, 3.05) is 27.2 Å². The molecule has 118 valence electrons. The number of carbonyl (C=O) groups is 1. The number of carbonyl (C=O) groups excluding carboxylic acids is 1. The van der Waals surface area contributed by atoms with E-state index in [1.165, 1.54) is 0 Å². The van der Waals surface area contributed by atoms with Crippen molar-refractivity contribution < 1.29 is 9.21 Å². The molecule has 5 nitrogen and oxygen atoms in total. The van der Waals surface area contributed by atoms with Crippen LogP contribution in [0.3, 0.4) is 0 Å². The first-order valence-corrected chi connectivity index (χ1v) is 7.40. The van der Waals surface area contributed by atoms with Gasteiger partial charge in [-0.1, -0.05) is 12.1 Å². The molecule has 1 amide bonds. The van der Waals surface area contributed by atoms with E-state index in [1.807, 2.05) is 55.4 Å².